The van der Waals surface area contributed by atoms with E-state index < -0.39 is 4.92 Å². The summed E-state index contributed by atoms with van der Waals surface area (Å²) in [4.78, 5) is 19.2. The van der Waals surface area contributed by atoms with Crippen molar-refractivity contribution in [1.82, 2.24) is 9.97 Å². The molecule has 0 bridgehead atoms. The molecule has 0 radical (unpaired) electrons. The van der Waals surface area contributed by atoms with Crippen LogP contribution in [0.2, 0.25) is 0 Å². The summed E-state index contributed by atoms with van der Waals surface area (Å²) in [5.41, 5.74) is 4.09. The highest BCUT2D eigenvalue weighted by Crippen LogP contribution is 2.39. The number of ether oxygens (including phenoxy) is 2. The summed E-state index contributed by atoms with van der Waals surface area (Å²) in [5.74, 6) is 1.20. The standard InChI is InChI=1S/C24H25N3O4/c1-24(2,3)20-15-18(21-23(31-5)26-13-12-25-21)14-17(22(20)30-4)9-6-16-7-10-19(11-8-16)27(28)29/h6-15H,1-5H3/b9-6+. The molecule has 160 valence electrons. The number of rotatable bonds is 6. The smallest absolute Gasteiger partial charge is 0.269 e. The lowest BCUT2D eigenvalue weighted by atomic mass is 9.83. The largest absolute Gasteiger partial charge is 0.496 e. The number of non-ortho nitro benzene ring substituents is 1. The zero-order valence-corrected chi connectivity index (χ0v) is 18.2. The maximum atomic E-state index is 10.9. The minimum absolute atomic E-state index is 0.0569. The van der Waals surface area contributed by atoms with Gasteiger partial charge in [0.1, 0.15) is 11.4 Å². The molecule has 3 aromatic rings. The number of hydrogen-bond acceptors (Lipinski definition) is 6. The summed E-state index contributed by atoms with van der Waals surface area (Å²) >= 11 is 0. The topological polar surface area (TPSA) is 87.4 Å². The van der Waals surface area contributed by atoms with E-state index in [-0.39, 0.29) is 11.1 Å². The van der Waals surface area contributed by atoms with Gasteiger partial charge in [0.25, 0.3) is 5.69 Å². The Morgan fingerprint density at radius 3 is 2.23 bits per heavy atom. The Bertz CT molecular complexity index is 1120. The van der Waals surface area contributed by atoms with Crippen molar-refractivity contribution in [3.05, 3.63) is 75.6 Å². The first kappa shape index (κ1) is 22.0. The fourth-order valence-corrected chi connectivity index (χ4v) is 3.26. The molecule has 7 heteroatoms. The molecule has 0 aliphatic rings. The molecule has 0 aliphatic heterocycles. The second-order valence-electron chi connectivity index (χ2n) is 7.99. The third kappa shape index (κ3) is 4.88. The number of nitrogens with zero attached hydrogens (tertiary/aromatic N) is 3. The van der Waals surface area contributed by atoms with Gasteiger partial charge in [-0.3, -0.25) is 10.1 Å². The van der Waals surface area contributed by atoms with Gasteiger partial charge in [0.05, 0.1) is 19.1 Å². The van der Waals surface area contributed by atoms with Gasteiger partial charge < -0.3 is 9.47 Å². The molecule has 0 aliphatic carbocycles. The maximum absolute atomic E-state index is 10.9. The molecule has 0 fully saturated rings. The summed E-state index contributed by atoms with van der Waals surface area (Å²) in [6.45, 7) is 6.35. The lowest BCUT2D eigenvalue weighted by Gasteiger charge is -2.24. The van der Waals surface area contributed by atoms with Gasteiger partial charge in [-0.1, -0.05) is 32.9 Å². The monoisotopic (exact) mass is 419 g/mol. The van der Waals surface area contributed by atoms with Gasteiger partial charge >= 0.3 is 0 Å². The number of hydrogen-bond donors (Lipinski definition) is 0. The van der Waals surface area contributed by atoms with Crippen molar-refractivity contribution >= 4 is 17.8 Å². The van der Waals surface area contributed by atoms with Gasteiger partial charge in [-0.2, -0.15) is 0 Å². The van der Waals surface area contributed by atoms with Crippen LogP contribution in [0.4, 0.5) is 5.69 Å². The molecule has 2 aromatic carbocycles. The van der Waals surface area contributed by atoms with Gasteiger partial charge in [0.15, 0.2) is 0 Å². The molecular formula is C24H25N3O4. The van der Waals surface area contributed by atoms with Gasteiger partial charge in [-0.05, 0) is 35.2 Å². The quantitative estimate of drug-likeness (QED) is 0.296. The highest BCUT2D eigenvalue weighted by molar-refractivity contribution is 5.79. The fourth-order valence-electron chi connectivity index (χ4n) is 3.26. The Balaban J connectivity index is 2.14. The summed E-state index contributed by atoms with van der Waals surface area (Å²) in [6, 6.07) is 10.4. The number of aromatic nitrogens is 2. The van der Waals surface area contributed by atoms with Crippen molar-refractivity contribution in [2.45, 2.75) is 26.2 Å². The highest BCUT2D eigenvalue weighted by Gasteiger charge is 2.23. The Morgan fingerprint density at radius 2 is 1.65 bits per heavy atom. The molecule has 1 heterocycles. The molecule has 0 atom stereocenters. The van der Waals surface area contributed by atoms with E-state index in [0.717, 1.165) is 28.0 Å². The summed E-state index contributed by atoms with van der Waals surface area (Å²) in [6.07, 6.45) is 7.05. The molecule has 0 saturated heterocycles. The second-order valence-corrected chi connectivity index (χ2v) is 7.99. The van der Waals surface area contributed by atoms with Crippen LogP contribution in [0.3, 0.4) is 0 Å². The van der Waals surface area contributed by atoms with E-state index >= 15 is 0 Å². The minimum atomic E-state index is -0.413. The molecule has 0 amide bonds. The normalized spacial score (nSPS) is 11.5. The van der Waals surface area contributed by atoms with Crippen molar-refractivity contribution < 1.29 is 14.4 Å². The Morgan fingerprint density at radius 1 is 0.968 bits per heavy atom. The van der Waals surface area contributed by atoms with Gasteiger partial charge in [0, 0.05) is 41.2 Å². The van der Waals surface area contributed by atoms with E-state index in [4.69, 9.17) is 9.47 Å². The van der Waals surface area contributed by atoms with Crippen molar-refractivity contribution in [2.75, 3.05) is 14.2 Å². The first-order valence-electron chi connectivity index (χ1n) is 9.75. The summed E-state index contributed by atoms with van der Waals surface area (Å²) in [7, 11) is 3.22. The third-order valence-electron chi connectivity index (χ3n) is 4.82. The van der Waals surface area contributed by atoms with E-state index in [1.807, 2.05) is 18.2 Å². The maximum Gasteiger partial charge on any atom is 0.269 e. The lowest BCUT2D eigenvalue weighted by Crippen LogP contribution is -2.14. The van der Waals surface area contributed by atoms with Crippen LogP contribution in [-0.2, 0) is 5.41 Å². The molecule has 0 unspecified atom stereocenters. The molecule has 3 rings (SSSR count). The Labute approximate surface area is 181 Å². The Hall–Kier alpha value is -3.74. The fraction of sp³-hybridized carbons (Fsp3) is 0.250. The zero-order chi connectivity index (χ0) is 22.6. The first-order valence-corrected chi connectivity index (χ1v) is 9.75. The molecule has 1 aromatic heterocycles. The van der Waals surface area contributed by atoms with Crippen molar-refractivity contribution in [2.24, 2.45) is 0 Å². The lowest BCUT2D eigenvalue weighted by molar-refractivity contribution is -0.384. The zero-order valence-electron chi connectivity index (χ0n) is 18.2. The average Bonchev–Trinajstić information content (AvgIpc) is 2.76. The minimum Gasteiger partial charge on any atom is -0.496 e. The van der Waals surface area contributed by atoms with Crippen molar-refractivity contribution in [3.8, 4) is 22.9 Å². The number of methoxy groups -OCH3 is 2. The van der Waals surface area contributed by atoms with Crippen LogP contribution >= 0.6 is 0 Å². The molecule has 31 heavy (non-hydrogen) atoms. The number of nitro groups is 1. The van der Waals surface area contributed by atoms with Crippen LogP contribution in [0.25, 0.3) is 23.4 Å². The van der Waals surface area contributed by atoms with Gasteiger partial charge in [0.2, 0.25) is 5.88 Å². The van der Waals surface area contributed by atoms with E-state index in [2.05, 4.69) is 36.8 Å². The Kier molecular flexibility index (Phi) is 6.34. The SMILES string of the molecule is COc1nccnc1-c1cc(/C=C/c2ccc([N+](=O)[O-])cc2)c(OC)c(C(C)(C)C)c1. The predicted octanol–water partition coefficient (Wildman–Crippen LogP) is 5.54. The van der Waals surface area contributed by atoms with Crippen LogP contribution in [-0.4, -0.2) is 29.1 Å². The third-order valence-corrected chi connectivity index (χ3v) is 4.82. The van der Waals surface area contributed by atoms with Crippen molar-refractivity contribution in [1.29, 1.82) is 0 Å². The second kappa shape index (κ2) is 8.95. The van der Waals surface area contributed by atoms with E-state index in [1.54, 1.807) is 38.7 Å². The van der Waals surface area contributed by atoms with E-state index in [9.17, 15) is 10.1 Å². The number of nitro benzene ring substituents is 1. The van der Waals surface area contributed by atoms with E-state index in [1.165, 1.54) is 12.1 Å². The van der Waals surface area contributed by atoms with Crippen LogP contribution in [0.15, 0.2) is 48.8 Å². The summed E-state index contributed by atoms with van der Waals surface area (Å²) in [5, 5.41) is 10.9. The van der Waals surface area contributed by atoms with Gasteiger partial charge in [-0.15, -0.1) is 0 Å². The van der Waals surface area contributed by atoms with Crippen LogP contribution in [0, 0.1) is 10.1 Å². The summed E-state index contributed by atoms with van der Waals surface area (Å²) < 4.78 is 11.2. The van der Waals surface area contributed by atoms with Crippen LogP contribution < -0.4 is 9.47 Å². The van der Waals surface area contributed by atoms with Gasteiger partial charge in [-0.25, -0.2) is 9.97 Å². The molecule has 7 nitrogen and oxygen atoms in total. The molecule has 0 N–H and O–H groups in total. The number of benzene rings is 2. The van der Waals surface area contributed by atoms with Crippen LogP contribution in [0.1, 0.15) is 37.5 Å². The van der Waals surface area contributed by atoms with Crippen molar-refractivity contribution in [3.63, 3.8) is 0 Å². The molecule has 0 saturated carbocycles. The average molecular weight is 419 g/mol. The predicted molar refractivity (Wildman–Crippen MR) is 121 cm³/mol. The van der Waals surface area contributed by atoms with E-state index in [0.29, 0.717) is 11.6 Å². The molecular weight excluding hydrogens is 394 g/mol. The highest BCUT2D eigenvalue weighted by atomic mass is 16.6. The first-order chi connectivity index (χ1) is 14.7. The molecule has 0 spiro atoms. The van der Waals surface area contributed by atoms with Crippen LogP contribution in [0.5, 0.6) is 11.6 Å².